The third-order valence-corrected chi connectivity index (χ3v) is 25.6. The average molecular weight is 1420 g/mol. The summed E-state index contributed by atoms with van der Waals surface area (Å²) in [5, 5.41) is 21.0. The maximum atomic E-state index is 5.80. The van der Waals surface area contributed by atoms with Gasteiger partial charge in [0.05, 0.1) is 76.8 Å². The first-order valence-corrected chi connectivity index (χ1v) is 38.6. The lowest BCUT2D eigenvalue weighted by atomic mass is 9.88. The molecule has 0 spiro atoms. The summed E-state index contributed by atoms with van der Waals surface area (Å²) in [5.41, 5.74) is 23.1. The van der Waals surface area contributed by atoms with Crippen LogP contribution in [0.3, 0.4) is 0 Å². The van der Waals surface area contributed by atoms with Crippen LogP contribution in [-0.4, -0.2) is 38.6 Å². The fourth-order valence-corrected chi connectivity index (χ4v) is 20.9. The number of fused-ring (bicyclic) bond motifs is 23. The van der Waals surface area contributed by atoms with E-state index in [0.717, 1.165) is 140 Å². The highest BCUT2D eigenvalue weighted by Gasteiger charge is 2.30. The molecule has 0 fully saturated rings. The molecule has 0 saturated carbocycles. The molecule has 8 aromatic heterocycles. The molecule has 24 aromatic rings. The zero-order chi connectivity index (χ0) is 70.8. The van der Waals surface area contributed by atoms with Gasteiger partial charge in [-0.1, -0.05) is 243 Å². The SMILES string of the molecule is c1cncc(-n2c3ccccc3c3cc4c(cc32)c2ccccc2n4-c2nc(-c3cccc4ccccc34)c3sc4cc(-c5cccc6c5-c5ccc(-c7cc8ccccc8c8cc9c(cc78)c7ccccc7n9-c7nc(-c8cccc9ccccc89)c8sc9ccccc9c8n7)c7cccc-6c57)ccc4c3n2)c1. The van der Waals surface area contributed by atoms with E-state index in [0.29, 0.717) is 11.9 Å². The lowest BCUT2D eigenvalue weighted by Crippen LogP contribution is -2.03. The van der Waals surface area contributed by atoms with Crippen LogP contribution in [-0.2, 0) is 0 Å². The Balaban J connectivity index is 0.660. The molecule has 0 aliphatic heterocycles. The Labute approximate surface area is 629 Å². The van der Waals surface area contributed by atoms with E-state index in [9.17, 15) is 0 Å². The summed E-state index contributed by atoms with van der Waals surface area (Å²) in [6, 6.07) is 116. The molecule has 25 rings (SSSR count). The van der Waals surface area contributed by atoms with Crippen LogP contribution in [0.4, 0.5) is 0 Å². The van der Waals surface area contributed by atoms with Gasteiger partial charge >= 0.3 is 0 Å². The molecule has 10 heteroatoms. The molecule has 0 radical (unpaired) electrons. The maximum Gasteiger partial charge on any atom is 0.235 e. The smallest absolute Gasteiger partial charge is 0.235 e. The largest absolute Gasteiger partial charge is 0.308 e. The molecule has 0 N–H and O–H groups in total. The van der Waals surface area contributed by atoms with E-state index < -0.39 is 0 Å². The molecule has 8 heterocycles. The Morgan fingerprint density at radius 1 is 0.248 bits per heavy atom. The lowest BCUT2D eigenvalue weighted by Gasteiger charge is -2.16. The van der Waals surface area contributed by atoms with Crippen molar-refractivity contribution in [2.45, 2.75) is 0 Å². The summed E-state index contributed by atoms with van der Waals surface area (Å²) in [7, 11) is 0. The minimum atomic E-state index is 0.628. The fourth-order valence-electron chi connectivity index (χ4n) is 18.6. The first kappa shape index (κ1) is 59.3. The van der Waals surface area contributed by atoms with Gasteiger partial charge in [-0.15, -0.1) is 22.7 Å². The van der Waals surface area contributed by atoms with Gasteiger partial charge in [-0.3, -0.25) is 14.1 Å². The number of hydrogen-bond donors (Lipinski definition) is 0. The Morgan fingerprint density at radius 2 is 0.734 bits per heavy atom. The molecule has 0 unspecified atom stereocenters. The summed E-state index contributed by atoms with van der Waals surface area (Å²) in [6.07, 6.45) is 3.78. The van der Waals surface area contributed by atoms with E-state index in [4.69, 9.17) is 19.9 Å². The van der Waals surface area contributed by atoms with Crippen LogP contribution in [0.15, 0.2) is 328 Å². The molecule has 0 saturated heterocycles. The summed E-state index contributed by atoms with van der Waals surface area (Å²) in [4.78, 5) is 27.5. The number of thiophene rings is 2. The van der Waals surface area contributed by atoms with E-state index in [1.807, 2.05) is 18.5 Å². The number of para-hydroxylation sites is 3. The second-order valence-corrected chi connectivity index (χ2v) is 31.0. The monoisotopic (exact) mass is 1420 g/mol. The highest BCUT2D eigenvalue weighted by molar-refractivity contribution is 7.26. The summed E-state index contributed by atoms with van der Waals surface area (Å²) < 4.78 is 11.4. The highest BCUT2D eigenvalue weighted by atomic mass is 32.1. The predicted molar refractivity (Wildman–Crippen MR) is 458 cm³/mol. The van der Waals surface area contributed by atoms with Crippen LogP contribution < -0.4 is 0 Å². The zero-order valence-electron chi connectivity index (χ0n) is 58.1. The molecule has 0 amide bonds. The van der Waals surface area contributed by atoms with Gasteiger partial charge in [0.1, 0.15) is 0 Å². The van der Waals surface area contributed by atoms with Crippen molar-refractivity contribution in [3.8, 4) is 84.6 Å². The Morgan fingerprint density at radius 3 is 1.39 bits per heavy atom. The van der Waals surface area contributed by atoms with Gasteiger partial charge in [0.15, 0.2) is 0 Å². The van der Waals surface area contributed by atoms with Crippen LogP contribution in [0.2, 0.25) is 0 Å². The number of nitrogens with zero attached hydrogens (tertiary/aromatic N) is 8. The van der Waals surface area contributed by atoms with Crippen molar-refractivity contribution >= 4 is 183 Å². The fraction of sp³-hybridized carbons (Fsp3) is 0. The third-order valence-electron chi connectivity index (χ3n) is 23.3. The molecule has 0 atom stereocenters. The Kier molecular flexibility index (Phi) is 12.1. The van der Waals surface area contributed by atoms with Crippen molar-refractivity contribution < 1.29 is 0 Å². The van der Waals surface area contributed by atoms with Gasteiger partial charge in [-0.25, -0.2) is 19.9 Å². The topological polar surface area (TPSA) is 79.2 Å². The number of aromatic nitrogens is 8. The standard InChI is InChI=1S/C99H54N8S2/c1-4-26-60-55(20-1)23-15-37-71(60)92-96-94(73-32-10-14-42-88(73)108-96)103-98(101-92)106-83-40-12-8-29-65(83)79-50-77-76(48-57-22-3-6-28-62(57)78(77)51-86(79)106)64-45-46-75-90-63(33-17-35-69(90)70-36-18-34-68(64)91(70)75)58-43-44-74-89(49-58)109-97-93(72-38-16-24-56-21-2-5-27-61(56)72)102-99(104-95(74)97)107-84-41-13-9-31-67(84)81-52-85-80(53-87(81)107)66-30-7-11-39-82(66)105(85)59-25-19-47-100-54-59/h1-54H. The molecule has 502 valence electrons. The van der Waals surface area contributed by atoms with Crippen LogP contribution >= 0.6 is 22.7 Å². The maximum absolute atomic E-state index is 5.80. The van der Waals surface area contributed by atoms with E-state index in [1.165, 1.54) is 92.1 Å². The van der Waals surface area contributed by atoms with Gasteiger partial charge in [-0.2, -0.15) is 0 Å². The normalized spacial score (nSPS) is 12.4. The molecular weight excluding hydrogens is 1370 g/mol. The molecule has 1 aliphatic rings. The van der Waals surface area contributed by atoms with Gasteiger partial charge in [0, 0.05) is 69.8 Å². The molecule has 0 bridgehead atoms. The lowest BCUT2D eigenvalue weighted by molar-refractivity contribution is 1.02. The Bertz CT molecular complexity index is 8190. The molecule has 16 aromatic carbocycles. The van der Waals surface area contributed by atoms with Crippen LogP contribution in [0.25, 0.3) is 244 Å². The quantitative estimate of drug-likeness (QED) is 0.149. The molecule has 109 heavy (non-hydrogen) atoms. The summed E-state index contributed by atoms with van der Waals surface area (Å²) in [6.45, 7) is 0. The van der Waals surface area contributed by atoms with Crippen molar-refractivity contribution in [2.75, 3.05) is 0 Å². The van der Waals surface area contributed by atoms with Gasteiger partial charge in [-0.05, 0) is 171 Å². The van der Waals surface area contributed by atoms with Gasteiger partial charge in [0.25, 0.3) is 0 Å². The number of pyridine rings is 1. The van der Waals surface area contributed by atoms with Crippen LogP contribution in [0, 0.1) is 0 Å². The average Bonchev–Trinajstić information content (AvgIpc) is 1.54. The molecule has 1 aliphatic carbocycles. The van der Waals surface area contributed by atoms with Crippen LogP contribution in [0.1, 0.15) is 0 Å². The van der Waals surface area contributed by atoms with E-state index in [1.54, 1.807) is 22.7 Å². The van der Waals surface area contributed by atoms with Crippen molar-refractivity contribution in [1.29, 1.82) is 0 Å². The highest BCUT2D eigenvalue weighted by Crippen LogP contribution is 2.55. The zero-order valence-corrected chi connectivity index (χ0v) is 59.7. The van der Waals surface area contributed by atoms with E-state index >= 15 is 0 Å². The van der Waals surface area contributed by atoms with Crippen molar-refractivity contribution in [3.63, 3.8) is 0 Å². The van der Waals surface area contributed by atoms with Crippen LogP contribution in [0.5, 0.6) is 0 Å². The Hall–Kier alpha value is -14.0. The first-order chi connectivity index (χ1) is 54.1. The van der Waals surface area contributed by atoms with Crippen molar-refractivity contribution in [1.82, 2.24) is 38.6 Å². The minimum absolute atomic E-state index is 0.628. The minimum Gasteiger partial charge on any atom is -0.308 e. The van der Waals surface area contributed by atoms with Gasteiger partial charge < -0.3 is 4.57 Å². The van der Waals surface area contributed by atoms with Crippen molar-refractivity contribution in [3.05, 3.63) is 328 Å². The number of rotatable bonds is 7. The van der Waals surface area contributed by atoms with E-state index in [2.05, 4.69) is 328 Å². The third kappa shape index (κ3) is 8.33. The molecule has 8 nitrogen and oxygen atoms in total. The second kappa shape index (κ2) is 22.3. The first-order valence-electron chi connectivity index (χ1n) is 36.9. The van der Waals surface area contributed by atoms with Crippen molar-refractivity contribution in [2.24, 2.45) is 0 Å². The number of benzene rings is 16. The van der Waals surface area contributed by atoms with E-state index in [-0.39, 0.29) is 0 Å². The number of hydrogen-bond acceptors (Lipinski definition) is 7. The summed E-state index contributed by atoms with van der Waals surface area (Å²) in [5.74, 6) is 1.28. The van der Waals surface area contributed by atoms with Gasteiger partial charge in [0.2, 0.25) is 11.9 Å². The molecular formula is C99H54N8S2. The predicted octanol–water partition coefficient (Wildman–Crippen LogP) is 26.8. The second-order valence-electron chi connectivity index (χ2n) is 28.9. The summed E-state index contributed by atoms with van der Waals surface area (Å²) >= 11 is 3.56.